The fraction of sp³-hybridized carbons (Fsp3) is 0. The number of hydrogen-bond acceptors (Lipinski definition) is 3. The average Bonchev–Trinajstić information content (AvgIpc) is 3.53. The first kappa shape index (κ1) is 20.4. The van der Waals surface area contributed by atoms with Crippen LogP contribution in [0.15, 0.2) is 128 Å². The van der Waals surface area contributed by atoms with Crippen LogP contribution in [-0.4, -0.2) is 24.1 Å². The topological polar surface area (TPSA) is 48.5 Å². The first-order chi connectivity index (χ1) is 17.9. The van der Waals surface area contributed by atoms with Crippen molar-refractivity contribution in [2.24, 2.45) is 0 Å². The van der Waals surface area contributed by atoms with E-state index >= 15 is 0 Å². The highest BCUT2D eigenvalue weighted by atomic mass is 15.1. The number of aromatic nitrogens is 5. The Labute approximate surface area is 208 Å². The quantitative estimate of drug-likeness (QED) is 0.280. The minimum Gasteiger partial charge on any atom is -0.292 e. The van der Waals surface area contributed by atoms with Crippen molar-refractivity contribution >= 4 is 22.1 Å². The highest BCUT2D eigenvalue weighted by Gasteiger charge is 2.18. The van der Waals surface area contributed by atoms with Crippen LogP contribution in [-0.2, 0) is 0 Å². The van der Waals surface area contributed by atoms with E-state index in [0.717, 1.165) is 56.2 Å². The van der Waals surface area contributed by atoms with Gasteiger partial charge < -0.3 is 0 Å². The van der Waals surface area contributed by atoms with Crippen molar-refractivity contribution in [1.82, 2.24) is 24.1 Å². The summed E-state index contributed by atoms with van der Waals surface area (Å²) in [4.78, 5) is 14.7. The van der Waals surface area contributed by atoms with E-state index in [0.29, 0.717) is 0 Å². The molecule has 170 valence electrons. The number of rotatable bonds is 4. The second-order valence-corrected chi connectivity index (χ2v) is 8.65. The molecule has 3 heterocycles. The lowest BCUT2D eigenvalue weighted by Crippen LogP contribution is -2.00. The van der Waals surface area contributed by atoms with Crippen molar-refractivity contribution in [2.75, 3.05) is 0 Å². The second-order valence-electron chi connectivity index (χ2n) is 8.65. The third kappa shape index (κ3) is 3.29. The second kappa shape index (κ2) is 8.32. The van der Waals surface area contributed by atoms with Crippen LogP contribution >= 0.6 is 0 Å². The lowest BCUT2D eigenvalue weighted by Gasteiger charge is -2.12. The maximum absolute atomic E-state index is 5.01. The van der Waals surface area contributed by atoms with Gasteiger partial charge in [-0.25, -0.2) is 9.97 Å². The summed E-state index contributed by atoms with van der Waals surface area (Å²) in [5.74, 6) is 1.69. The first-order valence-electron chi connectivity index (χ1n) is 11.9. The van der Waals surface area contributed by atoms with E-state index in [4.69, 9.17) is 9.97 Å². The lowest BCUT2D eigenvalue weighted by molar-refractivity contribution is 1.08. The van der Waals surface area contributed by atoms with Crippen LogP contribution in [0.3, 0.4) is 0 Å². The standard InChI is InChI=1S/C31H21N5/c1-3-11-24(12-4-1)35-28-17-9-7-15-26(28)33-30(35)22-19-23(21-32-20-22)31-34-27-16-8-10-18-29(27)36(31)25-13-5-2-6-14-25/h1-21H. The Morgan fingerprint density at radius 3 is 1.33 bits per heavy atom. The monoisotopic (exact) mass is 463 g/mol. The van der Waals surface area contributed by atoms with Crippen LogP contribution in [0.4, 0.5) is 0 Å². The molecule has 0 atom stereocenters. The molecular weight excluding hydrogens is 442 g/mol. The predicted octanol–water partition coefficient (Wildman–Crippen LogP) is 7.09. The molecule has 0 fully saturated rings. The maximum Gasteiger partial charge on any atom is 0.147 e. The summed E-state index contributed by atoms with van der Waals surface area (Å²) >= 11 is 0. The molecule has 4 aromatic carbocycles. The van der Waals surface area contributed by atoms with Gasteiger partial charge in [-0.15, -0.1) is 0 Å². The van der Waals surface area contributed by atoms with Gasteiger partial charge in [0.1, 0.15) is 11.6 Å². The minimum atomic E-state index is 0.846. The Morgan fingerprint density at radius 1 is 0.444 bits per heavy atom. The van der Waals surface area contributed by atoms with Crippen molar-refractivity contribution in [2.45, 2.75) is 0 Å². The van der Waals surface area contributed by atoms with E-state index < -0.39 is 0 Å². The van der Waals surface area contributed by atoms with Gasteiger partial charge in [0.15, 0.2) is 0 Å². The van der Waals surface area contributed by atoms with Crippen LogP contribution in [0.2, 0.25) is 0 Å². The highest BCUT2D eigenvalue weighted by molar-refractivity contribution is 5.86. The Balaban J connectivity index is 1.46. The maximum atomic E-state index is 5.01. The molecule has 0 radical (unpaired) electrons. The van der Waals surface area contributed by atoms with Gasteiger partial charge in [-0.05, 0) is 54.6 Å². The van der Waals surface area contributed by atoms with Gasteiger partial charge in [0, 0.05) is 34.9 Å². The Bertz CT molecular complexity index is 1700. The summed E-state index contributed by atoms with van der Waals surface area (Å²) in [6.07, 6.45) is 3.75. The molecule has 7 aromatic rings. The molecule has 7 rings (SSSR count). The summed E-state index contributed by atoms with van der Waals surface area (Å²) in [5, 5.41) is 0. The van der Waals surface area contributed by atoms with Gasteiger partial charge >= 0.3 is 0 Å². The Hall–Kier alpha value is -5.03. The van der Waals surface area contributed by atoms with Crippen molar-refractivity contribution < 1.29 is 0 Å². The summed E-state index contributed by atoms with van der Waals surface area (Å²) < 4.78 is 4.38. The molecule has 0 unspecified atom stereocenters. The number of para-hydroxylation sites is 6. The van der Waals surface area contributed by atoms with E-state index in [9.17, 15) is 0 Å². The lowest BCUT2D eigenvalue weighted by atomic mass is 10.1. The third-order valence-corrected chi connectivity index (χ3v) is 6.41. The SMILES string of the molecule is c1ccc(-n2c(-c3cncc(-c4nc5ccccc5n4-c4ccccc4)c3)nc3ccccc32)cc1. The van der Waals surface area contributed by atoms with Gasteiger partial charge in [0.25, 0.3) is 0 Å². The molecule has 5 nitrogen and oxygen atoms in total. The molecule has 0 saturated carbocycles. The zero-order valence-electron chi connectivity index (χ0n) is 19.4. The summed E-state index contributed by atoms with van der Waals surface area (Å²) in [6, 6.07) is 39.2. The molecule has 36 heavy (non-hydrogen) atoms. The van der Waals surface area contributed by atoms with E-state index in [1.54, 1.807) is 0 Å². The van der Waals surface area contributed by atoms with Crippen molar-refractivity contribution in [3.8, 4) is 34.2 Å². The number of imidazole rings is 2. The van der Waals surface area contributed by atoms with E-state index in [1.807, 2.05) is 85.2 Å². The zero-order chi connectivity index (χ0) is 23.9. The molecule has 0 N–H and O–H groups in total. The molecule has 0 bridgehead atoms. The van der Waals surface area contributed by atoms with Gasteiger partial charge in [-0.2, -0.15) is 0 Å². The molecule has 3 aromatic heterocycles. The number of benzene rings is 4. The first-order valence-corrected chi connectivity index (χ1v) is 11.9. The Kier molecular flexibility index (Phi) is 4.71. The number of fused-ring (bicyclic) bond motifs is 2. The number of nitrogens with zero attached hydrogens (tertiary/aromatic N) is 5. The highest BCUT2D eigenvalue weighted by Crippen LogP contribution is 2.33. The van der Waals surface area contributed by atoms with E-state index in [1.165, 1.54) is 0 Å². The van der Waals surface area contributed by atoms with Crippen LogP contribution in [0.25, 0.3) is 56.2 Å². The van der Waals surface area contributed by atoms with Crippen LogP contribution in [0, 0.1) is 0 Å². The summed E-state index contributed by atoms with van der Waals surface area (Å²) in [5.41, 5.74) is 7.97. The molecule has 0 aliphatic rings. The fourth-order valence-corrected chi connectivity index (χ4v) is 4.80. The van der Waals surface area contributed by atoms with Crippen LogP contribution in [0.1, 0.15) is 0 Å². The largest absolute Gasteiger partial charge is 0.292 e. The molecule has 0 aliphatic heterocycles. The number of hydrogen-bond donors (Lipinski definition) is 0. The minimum absolute atomic E-state index is 0.846. The normalized spacial score (nSPS) is 11.3. The van der Waals surface area contributed by atoms with Crippen molar-refractivity contribution in [1.29, 1.82) is 0 Å². The number of pyridine rings is 1. The summed E-state index contributed by atoms with van der Waals surface area (Å²) in [6.45, 7) is 0. The molecular formula is C31H21N5. The predicted molar refractivity (Wildman–Crippen MR) is 144 cm³/mol. The van der Waals surface area contributed by atoms with Crippen molar-refractivity contribution in [3.05, 3.63) is 128 Å². The van der Waals surface area contributed by atoms with Crippen LogP contribution < -0.4 is 0 Å². The van der Waals surface area contributed by atoms with Gasteiger partial charge in [0.05, 0.1) is 22.1 Å². The smallest absolute Gasteiger partial charge is 0.147 e. The molecule has 0 amide bonds. The van der Waals surface area contributed by atoms with Gasteiger partial charge in [-0.1, -0.05) is 60.7 Å². The van der Waals surface area contributed by atoms with Crippen molar-refractivity contribution in [3.63, 3.8) is 0 Å². The van der Waals surface area contributed by atoms with E-state index in [2.05, 4.69) is 56.6 Å². The Morgan fingerprint density at radius 2 is 0.861 bits per heavy atom. The fourth-order valence-electron chi connectivity index (χ4n) is 4.80. The van der Waals surface area contributed by atoms with E-state index in [-0.39, 0.29) is 0 Å². The summed E-state index contributed by atoms with van der Waals surface area (Å²) in [7, 11) is 0. The molecule has 0 aliphatic carbocycles. The average molecular weight is 464 g/mol. The van der Waals surface area contributed by atoms with Gasteiger partial charge in [-0.3, -0.25) is 14.1 Å². The van der Waals surface area contributed by atoms with Crippen LogP contribution in [0.5, 0.6) is 0 Å². The molecule has 0 spiro atoms. The third-order valence-electron chi connectivity index (χ3n) is 6.41. The zero-order valence-corrected chi connectivity index (χ0v) is 19.4. The van der Waals surface area contributed by atoms with Gasteiger partial charge in [0.2, 0.25) is 0 Å². The molecule has 5 heteroatoms. The molecule has 0 saturated heterocycles.